The van der Waals surface area contributed by atoms with Crippen molar-refractivity contribution >= 4 is 51.5 Å². The van der Waals surface area contributed by atoms with Gasteiger partial charge in [-0.25, -0.2) is 34.9 Å². The molecule has 0 aromatic carbocycles. The van der Waals surface area contributed by atoms with Gasteiger partial charge >= 0.3 is 0 Å². The fourth-order valence-electron chi connectivity index (χ4n) is 6.83. The van der Waals surface area contributed by atoms with E-state index in [-0.39, 0.29) is 22.4 Å². The van der Waals surface area contributed by atoms with Crippen LogP contribution in [0, 0.1) is 0 Å². The molecule has 0 unspecified atom stereocenters. The van der Waals surface area contributed by atoms with Crippen molar-refractivity contribution in [2.75, 3.05) is 18.9 Å². The van der Waals surface area contributed by atoms with E-state index in [0.29, 0.717) is 41.3 Å². The summed E-state index contributed by atoms with van der Waals surface area (Å²) in [4.78, 5) is 35.7. The van der Waals surface area contributed by atoms with Crippen molar-refractivity contribution in [1.29, 1.82) is 0 Å². The molecule has 2 spiro atoms. The van der Waals surface area contributed by atoms with Gasteiger partial charge in [-0.15, -0.1) is 0 Å². The highest BCUT2D eigenvalue weighted by molar-refractivity contribution is 6.35. The molecule has 5 aromatic rings. The molecule has 3 fully saturated rings. The summed E-state index contributed by atoms with van der Waals surface area (Å²) in [6.45, 7) is 2.91. The average Bonchev–Trinajstić information content (AvgIpc) is 3.66. The van der Waals surface area contributed by atoms with Crippen LogP contribution in [0.25, 0.3) is 33.7 Å². The summed E-state index contributed by atoms with van der Waals surface area (Å²) in [6, 6.07) is 0. The summed E-state index contributed by atoms with van der Waals surface area (Å²) in [6.07, 6.45) is 12.2. The first-order chi connectivity index (χ1) is 21.4. The molecule has 0 amide bonds. The van der Waals surface area contributed by atoms with Gasteiger partial charge in [0.15, 0.2) is 22.3 Å². The maximum Gasteiger partial charge on any atom is 0.225 e. The Morgan fingerprint density at radius 3 is 1.91 bits per heavy atom. The van der Waals surface area contributed by atoms with E-state index in [2.05, 4.69) is 34.1 Å². The fraction of sp³-hybridized carbons (Fsp3) is 0.517. The molecule has 13 nitrogen and oxygen atoms in total. The first-order valence-electron chi connectivity index (χ1n) is 15.2. The van der Waals surface area contributed by atoms with Gasteiger partial charge in [0.25, 0.3) is 0 Å². The van der Waals surface area contributed by atoms with Gasteiger partial charge < -0.3 is 24.3 Å². The summed E-state index contributed by atoms with van der Waals surface area (Å²) in [5.74, 6) is 3.34. The van der Waals surface area contributed by atoms with Crippen LogP contribution in [0.4, 0.5) is 5.95 Å². The number of ether oxygens (including phenoxy) is 2. The van der Waals surface area contributed by atoms with E-state index >= 15 is 0 Å². The SMILES string of the molecule is Clc1nc(Cl)c2nc3n(c2n1)CCOC31CCC1.Nc1ncc(-c2nc(C3CC3)c3nc4n(c3n2)CCOC42CCC2)cn1. The van der Waals surface area contributed by atoms with Gasteiger partial charge in [-0.1, -0.05) is 11.6 Å². The zero-order valence-corrected chi connectivity index (χ0v) is 25.4. The maximum atomic E-state index is 6.14. The molecule has 7 heterocycles. The Morgan fingerprint density at radius 1 is 0.750 bits per heavy atom. The second-order valence-electron chi connectivity index (χ2n) is 12.2. The molecular formula is C29H29Cl2N11O2. The number of hydrogen-bond acceptors (Lipinski definition) is 11. The molecule has 0 bridgehead atoms. The minimum atomic E-state index is -0.227. The molecular weight excluding hydrogens is 605 g/mol. The molecule has 10 rings (SSSR count). The third-order valence-electron chi connectivity index (χ3n) is 9.56. The van der Waals surface area contributed by atoms with Gasteiger partial charge in [-0.2, -0.15) is 4.98 Å². The van der Waals surface area contributed by atoms with Crippen LogP contribution >= 0.6 is 23.2 Å². The Balaban J connectivity index is 0.000000132. The first kappa shape index (κ1) is 26.8. The lowest BCUT2D eigenvalue weighted by Gasteiger charge is -2.43. The van der Waals surface area contributed by atoms with Crippen LogP contribution in [0.1, 0.15) is 74.6 Å². The lowest BCUT2D eigenvalue weighted by atomic mass is 9.78. The minimum absolute atomic E-state index is 0.157. The van der Waals surface area contributed by atoms with Crippen molar-refractivity contribution in [3.63, 3.8) is 0 Å². The van der Waals surface area contributed by atoms with Gasteiger partial charge in [-0.05, 0) is 63.0 Å². The Hall–Kier alpha value is -3.52. The molecule has 2 aliphatic heterocycles. The summed E-state index contributed by atoms with van der Waals surface area (Å²) in [5.41, 5.74) is 10.2. The highest BCUT2D eigenvalue weighted by Gasteiger charge is 2.48. The molecule has 15 heteroatoms. The number of nitrogen functional groups attached to an aromatic ring is 1. The van der Waals surface area contributed by atoms with Crippen molar-refractivity contribution in [3.05, 3.63) is 40.2 Å². The molecule has 0 radical (unpaired) electrons. The number of nitrogens with two attached hydrogens (primary N) is 1. The highest BCUT2D eigenvalue weighted by atomic mass is 35.5. The van der Waals surface area contributed by atoms with E-state index in [9.17, 15) is 0 Å². The highest BCUT2D eigenvalue weighted by Crippen LogP contribution is 2.49. The second-order valence-corrected chi connectivity index (χ2v) is 12.9. The zero-order valence-electron chi connectivity index (χ0n) is 23.8. The first-order valence-corrected chi connectivity index (χ1v) is 15.9. The number of halogens is 2. The Kier molecular flexibility index (Phi) is 5.94. The predicted molar refractivity (Wildman–Crippen MR) is 161 cm³/mol. The number of imidazole rings is 2. The van der Waals surface area contributed by atoms with Crippen molar-refractivity contribution < 1.29 is 9.47 Å². The fourth-order valence-corrected chi connectivity index (χ4v) is 7.25. The van der Waals surface area contributed by atoms with Crippen LogP contribution < -0.4 is 5.73 Å². The smallest absolute Gasteiger partial charge is 0.225 e. The lowest BCUT2D eigenvalue weighted by molar-refractivity contribution is -0.132. The predicted octanol–water partition coefficient (Wildman–Crippen LogP) is 4.69. The lowest BCUT2D eigenvalue weighted by Crippen LogP contribution is -2.44. The maximum absolute atomic E-state index is 6.14. The van der Waals surface area contributed by atoms with Crippen molar-refractivity contribution in [2.45, 2.75) is 81.6 Å². The molecule has 0 atom stereocenters. The third-order valence-corrected chi connectivity index (χ3v) is 10.00. The Labute approximate surface area is 261 Å². The summed E-state index contributed by atoms with van der Waals surface area (Å²) < 4.78 is 16.4. The van der Waals surface area contributed by atoms with Crippen molar-refractivity contribution in [3.8, 4) is 11.4 Å². The van der Waals surface area contributed by atoms with Crippen LogP contribution in [-0.2, 0) is 33.8 Å². The van der Waals surface area contributed by atoms with E-state index < -0.39 is 0 Å². The van der Waals surface area contributed by atoms with E-state index in [0.717, 1.165) is 85.7 Å². The van der Waals surface area contributed by atoms with Crippen LogP contribution in [0.3, 0.4) is 0 Å². The van der Waals surface area contributed by atoms with E-state index in [1.54, 1.807) is 12.4 Å². The molecule has 5 aliphatic rings. The number of aromatic nitrogens is 10. The molecule has 5 aromatic heterocycles. The molecule has 226 valence electrons. The van der Waals surface area contributed by atoms with E-state index in [1.807, 2.05) is 0 Å². The zero-order chi connectivity index (χ0) is 29.6. The Bertz CT molecular complexity index is 1950. The van der Waals surface area contributed by atoms with Gasteiger partial charge in [0.1, 0.15) is 33.9 Å². The number of nitrogens with zero attached hydrogens (tertiary/aromatic N) is 10. The van der Waals surface area contributed by atoms with Crippen LogP contribution in [-0.4, -0.2) is 62.2 Å². The minimum Gasteiger partial charge on any atom is -0.368 e. The number of anilines is 1. The Morgan fingerprint density at radius 2 is 1.34 bits per heavy atom. The second kappa shape index (κ2) is 9.74. The third kappa shape index (κ3) is 4.05. The van der Waals surface area contributed by atoms with Gasteiger partial charge in [0.05, 0.1) is 24.5 Å². The van der Waals surface area contributed by atoms with Crippen molar-refractivity contribution in [2.24, 2.45) is 0 Å². The van der Waals surface area contributed by atoms with E-state index in [1.165, 1.54) is 12.8 Å². The molecule has 0 saturated heterocycles. The van der Waals surface area contributed by atoms with Gasteiger partial charge in [-0.3, -0.25) is 0 Å². The van der Waals surface area contributed by atoms with Crippen LogP contribution in [0.2, 0.25) is 10.4 Å². The van der Waals surface area contributed by atoms with Crippen LogP contribution in [0.5, 0.6) is 0 Å². The summed E-state index contributed by atoms with van der Waals surface area (Å²) in [7, 11) is 0. The largest absolute Gasteiger partial charge is 0.368 e. The topological polar surface area (TPSA) is 157 Å². The molecule has 44 heavy (non-hydrogen) atoms. The number of hydrogen-bond donors (Lipinski definition) is 1. The quantitative estimate of drug-likeness (QED) is 0.212. The standard InChI is InChI=1S/C18H19N7O.C11H10Cl2N4O/c19-17-20-8-11(9-21-17)14-22-12(10-2-3-10)13-15(24-14)25-6-7-26-18(4-1-5-18)16(25)23-13;12-7-6-8(16-10(13)15-7)17-4-5-18-11(2-1-3-11)9(17)14-6/h8-10H,1-7H2,(H2,19,20,21);1-5H2. The normalized spacial score (nSPS) is 21.0. The molecule has 3 saturated carbocycles. The summed E-state index contributed by atoms with van der Waals surface area (Å²) >= 11 is 11.9. The summed E-state index contributed by atoms with van der Waals surface area (Å²) in [5, 5.41) is 0.464. The van der Waals surface area contributed by atoms with Gasteiger partial charge in [0.2, 0.25) is 11.2 Å². The van der Waals surface area contributed by atoms with Gasteiger partial charge in [0, 0.05) is 31.4 Å². The average molecular weight is 635 g/mol. The monoisotopic (exact) mass is 633 g/mol. The number of fused-ring (bicyclic) bond motifs is 8. The molecule has 2 N–H and O–H groups in total. The van der Waals surface area contributed by atoms with Crippen molar-refractivity contribution in [1.82, 2.24) is 49.0 Å². The number of rotatable bonds is 2. The van der Waals surface area contributed by atoms with E-state index in [4.69, 9.17) is 53.4 Å². The van der Waals surface area contributed by atoms with Crippen LogP contribution in [0.15, 0.2) is 12.4 Å². The molecule has 3 aliphatic carbocycles.